The van der Waals surface area contributed by atoms with E-state index in [4.69, 9.17) is 22.1 Å². The Balaban J connectivity index is 3.28. The van der Waals surface area contributed by atoms with E-state index in [0.717, 1.165) is 11.1 Å². The largest absolute Gasteiger partial charge is 0.504 e. The minimum atomic E-state index is 0.0655. The molecule has 0 aliphatic rings. The summed E-state index contributed by atoms with van der Waals surface area (Å²) in [5, 5.41) is 9.98. The van der Waals surface area contributed by atoms with Crippen molar-refractivity contribution in [2.45, 2.75) is 13.3 Å². The Kier molecular flexibility index (Phi) is 3.61. The van der Waals surface area contributed by atoms with Crippen LogP contribution in [0.15, 0.2) is 6.07 Å². The quantitative estimate of drug-likeness (QED) is 0.810. The van der Waals surface area contributed by atoms with Gasteiger partial charge in [0.05, 0.1) is 12.1 Å². The van der Waals surface area contributed by atoms with Gasteiger partial charge >= 0.3 is 0 Å². The van der Waals surface area contributed by atoms with Gasteiger partial charge in [-0.3, -0.25) is 0 Å². The number of nitrogens with two attached hydrogens (primary N) is 1. The molecule has 3 N–H and O–H groups in total. The van der Waals surface area contributed by atoms with E-state index >= 15 is 0 Å². The molecule has 0 radical (unpaired) electrons. The second-order valence-electron chi connectivity index (χ2n) is 3.08. The summed E-state index contributed by atoms with van der Waals surface area (Å²) in [6.07, 6.45) is 0.682. The van der Waals surface area contributed by atoms with Crippen LogP contribution in [0.4, 0.5) is 0 Å². The topological polar surface area (TPSA) is 55.5 Å². The number of hydrogen-bond acceptors (Lipinski definition) is 3. The number of halogens is 1. The lowest BCUT2D eigenvalue weighted by atomic mass is 10.0. The molecular formula is C10H14ClNO2. The summed E-state index contributed by atoms with van der Waals surface area (Å²) in [5.74, 6) is 0.386. The number of benzene rings is 1. The first-order valence-electron chi connectivity index (χ1n) is 4.36. The zero-order chi connectivity index (χ0) is 10.7. The van der Waals surface area contributed by atoms with Crippen LogP contribution in [0.5, 0.6) is 11.5 Å². The van der Waals surface area contributed by atoms with Crippen LogP contribution in [-0.4, -0.2) is 18.8 Å². The number of aryl methyl sites for hydroxylation is 1. The summed E-state index contributed by atoms with van der Waals surface area (Å²) in [6.45, 7) is 2.41. The van der Waals surface area contributed by atoms with Gasteiger partial charge in [0.2, 0.25) is 0 Å². The van der Waals surface area contributed by atoms with Crippen molar-refractivity contribution in [3.05, 3.63) is 22.2 Å². The second kappa shape index (κ2) is 4.53. The molecule has 14 heavy (non-hydrogen) atoms. The molecule has 0 atom stereocenters. The Hall–Kier alpha value is -0.930. The molecule has 0 heterocycles. The summed E-state index contributed by atoms with van der Waals surface area (Å²) in [4.78, 5) is 0. The van der Waals surface area contributed by atoms with Crippen molar-refractivity contribution in [2.75, 3.05) is 13.7 Å². The van der Waals surface area contributed by atoms with Gasteiger partial charge in [-0.1, -0.05) is 11.6 Å². The van der Waals surface area contributed by atoms with Gasteiger partial charge in [-0.2, -0.15) is 0 Å². The monoisotopic (exact) mass is 215 g/mol. The molecule has 0 aliphatic carbocycles. The van der Waals surface area contributed by atoms with Gasteiger partial charge in [-0.05, 0) is 37.1 Å². The molecule has 78 valence electrons. The normalized spacial score (nSPS) is 10.3. The Bertz CT molecular complexity index is 339. The van der Waals surface area contributed by atoms with Crippen LogP contribution in [0.2, 0.25) is 5.02 Å². The standard InChI is InChI=1S/C10H14ClNO2/c1-6-5-8(13)10(14-2)9(11)7(6)3-4-12/h5,13H,3-4,12H2,1-2H3. The predicted molar refractivity (Wildman–Crippen MR) is 57.2 cm³/mol. The van der Waals surface area contributed by atoms with E-state index in [-0.39, 0.29) is 5.75 Å². The Morgan fingerprint density at radius 1 is 1.57 bits per heavy atom. The van der Waals surface area contributed by atoms with Crippen molar-refractivity contribution >= 4 is 11.6 Å². The van der Waals surface area contributed by atoms with Crippen molar-refractivity contribution in [1.29, 1.82) is 0 Å². The van der Waals surface area contributed by atoms with Crippen molar-refractivity contribution in [3.8, 4) is 11.5 Å². The van der Waals surface area contributed by atoms with Gasteiger partial charge < -0.3 is 15.6 Å². The van der Waals surface area contributed by atoms with E-state index in [1.807, 2.05) is 6.92 Å². The van der Waals surface area contributed by atoms with Crippen LogP contribution in [0.1, 0.15) is 11.1 Å². The molecular weight excluding hydrogens is 202 g/mol. The SMILES string of the molecule is COc1c(O)cc(C)c(CCN)c1Cl. The van der Waals surface area contributed by atoms with Gasteiger partial charge in [0, 0.05) is 0 Å². The first kappa shape index (κ1) is 11.1. The van der Waals surface area contributed by atoms with Crippen LogP contribution in [0, 0.1) is 6.92 Å². The maximum absolute atomic E-state index is 9.52. The molecule has 1 aromatic carbocycles. The molecule has 1 rings (SSSR count). The highest BCUT2D eigenvalue weighted by molar-refractivity contribution is 6.33. The van der Waals surface area contributed by atoms with Gasteiger partial charge in [0.15, 0.2) is 11.5 Å². The maximum atomic E-state index is 9.52. The first-order valence-corrected chi connectivity index (χ1v) is 4.74. The molecule has 0 aliphatic heterocycles. The van der Waals surface area contributed by atoms with Crippen LogP contribution < -0.4 is 10.5 Å². The number of phenols is 1. The molecule has 0 bridgehead atoms. The van der Waals surface area contributed by atoms with E-state index in [2.05, 4.69) is 0 Å². The molecule has 0 amide bonds. The number of rotatable bonds is 3. The third-order valence-corrected chi connectivity index (χ3v) is 2.52. The number of ether oxygens (including phenoxy) is 1. The Morgan fingerprint density at radius 3 is 2.71 bits per heavy atom. The van der Waals surface area contributed by atoms with Gasteiger partial charge in [-0.15, -0.1) is 0 Å². The first-order chi connectivity index (χ1) is 6.61. The molecule has 4 heteroatoms. The lowest BCUT2D eigenvalue weighted by Crippen LogP contribution is -2.05. The highest BCUT2D eigenvalue weighted by Crippen LogP contribution is 2.38. The van der Waals surface area contributed by atoms with Crippen molar-refractivity contribution in [2.24, 2.45) is 5.73 Å². The number of hydrogen-bond donors (Lipinski definition) is 2. The summed E-state index contributed by atoms with van der Waals surface area (Å²) >= 11 is 6.06. The molecule has 1 aromatic rings. The van der Waals surface area contributed by atoms with Gasteiger partial charge in [0.25, 0.3) is 0 Å². The lowest BCUT2D eigenvalue weighted by Gasteiger charge is -2.12. The van der Waals surface area contributed by atoms with Gasteiger partial charge in [0.1, 0.15) is 0 Å². The molecule has 0 aromatic heterocycles. The van der Waals surface area contributed by atoms with E-state index in [1.165, 1.54) is 7.11 Å². The Morgan fingerprint density at radius 2 is 2.21 bits per heavy atom. The van der Waals surface area contributed by atoms with Crippen LogP contribution in [-0.2, 0) is 6.42 Å². The Labute approximate surface area is 88.4 Å². The smallest absolute Gasteiger partial charge is 0.179 e. The fourth-order valence-electron chi connectivity index (χ4n) is 1.43. The zero-order valence-corrected chi connectivity index (χ0v) is 9.06. The fourth-order valence-corrected chi connectivity index (χ4v) is 1.84. The minimum Gasteiger partial charge on any atom is -0.504 e. The highest BCUT2D eigenvalue weighted by Gasteiger charge is 2.14. The van der Waals surface area contributed by atoms with Gasteiger partial charge in [-0.25, -0.2) is 0 Å². The lowest BCUT2D eigenvalue weighted by molar-refractivity contribution is 0.373. The van der Waals surface area contributed by atoms with E-state index < -0.39 is 0 Å². The van der Waals surface area contributed by atoms with Crippen molar-refractivity contribution in [3.63, 3.8) is 0 Å². The maximum Gasteiger partial charge on any atom is 0.179 e. The van der Waals surface area contributed by atoms with Crippen molar-refractivity contribution in [1.82, 2.24) is 0 Å². The highest BCUT2D eigenvalue weighted by atomic mass is 35.5. The van der Waals surface area contributed by atoms with Crippen LogP contribution in [0.25, 0.3) is 0 Å². The third-order valence-electron chi connectivity index (χ3n) is 2.12. The molecule has 0 fully saturated rings. The average Bonchev–Trinajstić information content (AvgIpc) is 2.12. The molecule has 0 saturated heterocycles. The summed E-state index contributed by atoms with van der Waals surface area (Å²) < 4.78 is 4.99. The molecule has 0 spiro atoms. The van der Waals surface area contributed by atoms with E-state index in [1.54, 1.807) is 6.07 Å². The second-order valence-corrected chi connectivity index (χ2v) is 3.46. The fraction of sp³-hybridized carbons (Fsp3) is 0.400. The average molecular weight is 216 g/mol. The molecule has 3 nitrogen and oxygen atoms in total. The predicted octanol–water partition coefficient (Wildman–Crippen LogP) is 1.86. The summed E-state index contributed by atoms with van der Waals surface area (Å²) in [7, 11) is 1.47. The third kappa shape index (κ3) is 1.94. The molecule has 0 unspecified atom stereocenters. The zero-order valence-electron chi connectivity index (χ0n) is 8.30. The van der Waals surface area contributed by atoms with E-state index in [9.17, 15) is 5.11 Å². The van der Waals surface area contributed by atoms with E-state index in [0.29, 0.717) is 23.7 Å². The molecule has 0 saturated carbocycles. The minimum absolute atomic E-state index is 0.0655. The van der Waals surface area contributed by atoms with Crippen LogP contribution >= 0.6 is 11.6 Å². The number of methoxy groups -OCH3 is 1. The van der Waals surface area contributed by atoms with Crippen molar-refractivity contribution < 1.29 is 9.84 Å². The summed E-state index contributed by atoms with van der Waals surface area (Å²) in [6, 6.07) is 1.63. The number of aromatic hydroxyl groups is 1. The van der Waals surface area contributed by atoms with Crippen LogP contribution in [0.3, 0.4) is 0 Å². The number of phenolic OH excluding ortho intramolecular Hbond substituents is 1. The summed E-state index contributed by atoms with van der Waals surface area (Å²) in [5.41, 5.74) is 7.33.